The maximum absolute atomic E-state index is 14.8. The molecular weight excluding hydrogens is 527 g/mol. The molecule has 2 aromatic carbocycles. The van der Waals surface area contributed by atoms with Crippen LogP contribution in [0.4, 0.5) is 18.9 Å². The van der Waals surface area contributed by atoms with E-state index in [-0.39, 0.29) is 29.8 Å². The second kappa shape index (κ2) is 12.4. The Labute approximate surface area is 232 Å². The number of rotatable bonds is 6. The maximum atomic E-state index is 14.8. The van der Waals surface area contributed by atoms with Gasteiger partial charge in [0.25, 0.3) is 6.43 Å². The molecule has 0 spiro atoms. The van der Waals surface area contributed by atoms with E-state index in [1.165, 1.54) is 12.1 Å². The van der Waals surface area contributed by atoms with Gasteiger partial charge in [-0.2, -0.15) is 0 Å². The Morgan fingerprint density at radius 2 is 1.87 bits per heavy atom. The fourth-order valence-corrected chi connectivity index (χ4v) is 5.39. The van der Waals surface area contributed by atoms with Gasteiger partial charge >= 0.3 is 0 Å². The van der Waals surface area contributed by atoms with Crippen molar-refractivity contribution in [2.45, 2.75) is 45.6 Å². The molecule has 1 fully saturated rings. The summed E-state index contributed by atoms with van der Waals surface area (Å²) in [6.45, 7) is 6.19. The molecule has 5 nitrogen and oxygen atoms in total. The van der Waals surface area contributed by atoms with Gasteiger partial charge in [0.2, 0.25) is 5.91 Å². The number of benzene rings is 2. The number of aromatic nitrogens is 1. The molecule has 1 N–H and O–H groups in total. The summed E-state index contributed by atoms with van der Waals surface area (Å²) < 4.78 is 46.7. The summed E-state index contributed by atoms with van der Waals surface area (Å²) in [7, 11) is 0. The van der Waals surface area contributed by atoms with Gasteiger partial charge in [-0.1, -0.05) is 30.3 Å². The van der Waals surface area contributed by atoms with Crippen molar-refractivity contribution in [1.29, 1.82) is 0 Å². The number of ether oxygens (including phenoxy) is 1. The van der Waals surface area contributed by atoms with Gasteiger partial charge in [0.1, 0.15) is 5.82 Å². The van der Waals surface area contributed by atoms with Gasteiger partial charge in [0.15, 0.2) is 0 Å². The van der Waals surface area contributed by atoms with Gasteiger partial charge in [-0.3, -0.25) is 9.78 Å². The number of fused-ring (bicyclic) bond motifs is 1. The predicted molar refractivity (Wildman–Crippen MR) is 150 cm³/mol. The Balaban J connectivity index is 0.00000353. The van der Waals surface area contributed by atoms with E-state index >= 15 is 0 Å². The molecule has 3 aromatic rings. The summed E-state index contributed by atoms with van der Waals surface area (Å²) in [4.78, 5) is 19.5. The van der Waals surface area contributed by atoms with Crippen molar-refractivity contribution < 1.29 is 22.7 Å². The van der Waals surface area contributed by atoms with E-state index in [0.717, 1.165) is 58.7 Å². The monoisotopic (exact) mass is 559 g/mol. The molecule has 39 heavy (non-hydrogen) atoms. The number of halogens is 4. The first-order valence-corrected chi connectivity index (χ1v) is 13.1. The first kappa shape index (κ1) is 28.9. The lowest BCUT2D eigenvalue weighted by Crippen LogP contribution is -2.40. The summed E-state index contributed by atoms with van der Waals surface area (Å²) in [5, 5.41) is 4.20. The van der Waals surface area contributed by atoms with Crippen LogP contribution in [0.3, 0.4) is 0 Å². The number of nitrogens with zero attached hydrogens (tertiary/aromatic N) is 2. The minimum Gasteiger partial charge on any atom is -0.381 e. The molecular formula is C30H33ClF3N3O2. The molecule has 1 amide bonds. The molecule has 0 saturated carbocycles. The highest BCUT2D eigenvalue weighted by Gasteiger charge is 2.27. The van der Waals surface area contributed by atoms with Crippen LogP contribution in [0.2, 0.25) is 0 Å². The number of anilines is 1. The standard InChI is InChI=1S/C30H32F3N3O2.ClH/c1-18-16-27(35-19(2)23-4-3-5-24(28(23)31)29(32)33)25-17-22(6-7-26(25)34-18)20-8-12-36(13-9-20)30(37)21-10-14-38-15-11-21;/h3-8,16-17,19,21,29H,9-15H2,1-2H3,(H,34,35);1H/t19-;/m1./s1. The Bertz CT molecular complexity index is 1380. The minimum atomic E-state index is -2.87. The van der Waals surface area contributed by atoms with Crippen LogP contribution in [-0.4, -0.2) is 42.1 Å². The second-order valence-electron chi connectivity index (χ2n) is 10.1. The van der Waals surface area contributed by atoms with Gasteiger partial charge in [-0.15, -0.1) is 12.4 Å². The lowest BCUT2D eigenvalue weighted by molar-refractivity contribution is -0.138. The van der Waals surface area contributed by atoms with Crippen LogP contribution < -0.4 is 5.32 Å². The average Bonchev–Trinajstić information content (AvgIpc) is 2.93. The van der Waals surface area contributed by atoms with Crippen molar-refractivity contribution in [2.24, 2.45) is 5.92 Å². The Morgan fingerprint density at radius 3 is 2.56 bits per heavy atom. The van der Waals surface area contributed by atoms with Crippen molar-refractivity contribution in [2.75, 3.05) is 31.6 Å². The zero-order chi connectivity index (χ0) is 26.8. The topological polar surface area (TPSA) is 54.5 Å². The van der Waals surface area contributed by atoms with Crippen LogP contribution in [0, 0.1) is 18.7 Å². The van der Waals surface area contributed by atoms with Crippen LogP contribution >= 0.6 is 12.4 Å². The Morgan fingerprint density at radius 1 is 1.13 bits per heavy atom. The molecule has 1 atom stereocenters. The molecule has 3 heterocycles. The normalized spacial score (nSPS) is 17.1. The van der Waals surface area contributed by atoms with Crippen molar-refractivity contribution in [3.63, 3.8) is 0 Å². The van der Waals surface area contributed by atoms with Crippen LogP contribution in [0.15, 0.2) is 48.5 Å². The molecule has 208 valence electrons. The van der Waals surface area contributed by atoms with Crippen LogP contribution in [0.5, 0.6) is 0 Å². The first-order chi connectivity index (χ1) is 18.3. The van der Waals surface area contributed by atoms with E-state index in [9.17, 15) is 18.0 Å². The van der Waals surface area contributed by atoms with Gasteiger partial charge in [-0.25, -0.2) is 13.2 Å². The van der Waals surface area contributed by atoms with Crippen LogP contribution in [-0.2, 0) is 9.53 Å². The summed E-state index contributed by atoms with van der Waals surface area (Å²) in [6, 6.07) is 11.5. The highest BCUT2D eigenvalue weighted by Crippen LogP contribution is 2.34. The minimum absolute atomic E-state index is 0. The molecule has 1 aromatic heterocycles. The molecule has 0 radical (unpaired) electrons. The third-order valence-corrected chi connectivity index (χ3v) is 7.53. The molecule has 0 bridgehead atoms. The Kier molecular flexibility index (Phi) is 9.18. The van der Waals surface area contributed by atoms with E-state index in [1.54, 1.807) is 6.92 Å². The van der Waals surface area contributed by atoms with Gasteiger partial charge in [-0.05, 0) is 62.4 Å². The maximum Gasteiger partial charge on any atom is 0.266 e. The highest BCUT2D eigenvalue weighted by molar-refractivity contribution is 5.94. The van der Waals surface area contributed by atoms with Crippen molar-refractivity contribution in [1.82, 2.24) is 9.88 Å². The summed E-state index contributed by atoms with van der Waals surface area (Å²) in [5.41, 5.74) is 4.14. The SMILES string of the molecule is Cc1cc(N[C@H](C)c2cccc(C(F)F)c2F)c2cc(C3=CCN(C(=O)C4CCOCC4)CC3)ccc2n1.Cl. The van der Waals surface area contributed by atoms with E-state index in [2.05, 4.69) is 22.4 Å². The van der Waals surface area contributed by atoms with E-state index in [1.807, 2.05) is 30.0 Å². The lowest BCUT2D eigenvalue weighted by atomic mass is 9.94. The second-order valence-corrected chi connectivity index (χ2v) is 10.1. The van der Waals surface area contributed by atoms with Crippen LogP contribution in [0.1, 0.15) is 61.0 Å². The summed E-state index contributed by atoms with van der Waals surface area (Å²) in [6.07, 6.45) is 1.57. The number of carbonyl (C=O) groups is 1. The smallest absolute Gasteiger partial charge is 0.266 e. The zero-order valence-electron chi connectivity index (χ0n) is 22.1. The van der Waals surface area contributed by atoms with Crippen molar-refractivity contribution in [3.8, 4) is 0 Å². The first-order valence-electron chi connectivity index (χ1n) is 13.1. The number of amides is 1. The van der Waals surface area contributed by atoms with E-state index in [0.29, 0.717) is 26.3 Å². The average molecular weight is 560 g/mol. The largest absolute Gasteiger partial charge is 0.381 e. The molecule has 1 saturated heterocycles. The summed E-state index contributed by atoms with van der Waals surface area (Å²) in [5.74, 6) is -0.619. The van der Waals surface area contributed by atoms with Gasteiger partial charge in [0.05, 0.1) is 17.1 Å². The van der Waals surface area contributed by atoms with Gasteiger partial charge < -0.3 is 15.0 Å². The third-order valence-electron chi connectivity index (χ3n) is 7.53. The van der Waals surface area contributed by atoms with Gasteiger partial charge in [0, 0.05) is 54.6 Å². The quantitative estimate of drug-likeness (QED) is 0.345. The number of pyridine rings is 1. The molecule has 9 heteroatoms. The number of hydrogen-bond acceptors (Lipinski definition) is 4. The van der Waals surface area contributed by atoms with Crippen molar-refractivity contribution in [3.05, 3.63) is 76.7 Å². The van der Waals surface area contributed by atoms with E-state index < -0.39 is 23.8 Å². The Hall–Kier alpha value is -3.10. The fourth-order valence-electron chi connectivity index (χ4n) is 5.39. The van der Waals surface area contributed by atoms with Crippen molar-refractivity contribution >= 4 is 40.5 Å². The number of aryl methyl sites for hydroxylation is 1. The number of hydrogen-bond donors (Lipinski definition) is 1. The molecule has 0 aliphatic carbocycles. The third kappa shape index (κ3) is 6.23. The van der Waals surface area contributed by atoms with E-state index in [4.69, 9.17) is 4.74 Å². The predicted octanol–water partition coefficient (Wildman–Crippen LogP) is 7.26. The molecule has 2 aliphatic heterocycles. The summed E-state index contributed by atoms with van der Waals surface area (Å²) >= 11 is 0. The lowest BCUT2D eigenvalue weighted by Gasteiger charge is -2.31. The molecule has 0 unspecified atom stereocenters. The number of nitrogens with one attached hydrogen (secondary N) is 1. The molecule has 5 rings (SSSR count). The number of carbonyl (C=O) groups excluding carboxylic acids is 1. The highest BCUT2D eigenvalue weighted by atomic mass is 35.5. The zero-order valence-corrected chi connectivity index (χ0v) is 22.9. The van der Waals surface area contributed by atoms with Crippen LogP contribution in [0.25, 0.3) is 16.5 Å². The fraction of sp³-hybridized carbons (Fsp3) is 0.400. The molecule has 2 aliphatic rings. The number of alkyl halides is 2.